The van der Waals surface area contributed by atoms with E-state index in [1.165, 1.54) is 10.9 Å². The summed E-state index contributed by atoms with van der Waals surface area (Å²) in [5.74, 6) is 0. The second-order valence-electron chi connectivity index (χ2n) is 3.30. The lowest BCUT2D eigenvalue weighted by molar-refractivity contribution is 1.25. The zero-order valence-electron chi connectivity index (χ0n) is 8.17. The number of hydrogen-bond donors (Lipinski definition) is 0. The SMILES string of the molecule is Cc1cc(C=C(Br)Br)c2ccccc2n1. The highest BCUT2D eigenvalue weighted by molar-refractivity contribution is 9.28. The van der Waals surface area contributed by atoms with Crippen LogP contribution >= 0.6 is 31.9 Å². The molecule has 1 heterocycles. The molecular formula is C12H9Br2N. The maximum absolute atomic E-state index is 4.48. The lowest BCUT2D eigenvalue weighted by Gasteiger charge is -2.03. The number of hydrogen-bond acceptors (Lipinski definition) is 1. The minimum Gasteiger partial charge on any atom is -0.253 e. The minimum absolute atomic E-state index is 0.936. The molecule has 0 aliphatic carbocycles. The molecule has 0 radical (unpaired) electrons. The van der Waals surface area contributed by atoms with Crippen molar-refractivity contribution in [1.29, 1.82) is 0 Å². The number of fused-ring (bicyclic) bond motifs is 1. The van der Waals surface area contributed by atoms with Gasteiger partial charge in [-0.25, -0.2) is 0 Å². The second kappa shape index (κ2) is 4.45. The van der Waals surface area contributed by atoms with Gasteiger partial charge in [0.05, 0.1) is 8.91 Å². The molecule has 0 bridgehead atoms. The van der Waals surface area contributed by atoms with Crippen LogP contribution in [-0.2, 0) is 0 Å². The van der Waals surface area contributed by atoms with E-state index in [-0.39, 0.29) is 0 Å². The van der Waals surface area contributed by atoms with E-state index in [0.29, 0.717) is 0 Å². The van der Waals surface area contributed by atoms with Crippen LogP contribution in [0.3, 0.4) is 0 Å². The Labute approximate surface area is 105 Å². The monoisotopic (exact) mass is 325 g/mol. The van der Waals surface area contributed by atoms with Crippen molar-refractivity contribution in [3.8, 4) is 0 Å². The first-order chi connectivity index (χ1) is 7.16. The minimum atomic E-state index is 0.936. The first kappa shape index (κ1) is 10.8. The number of nitrogens with zero attached hydrogens (tertiary/aromatic N) is 1. The first-order valence-electron chi connectivity index (χ1n) is 4.56. The molecule has 0 saturated carbocycles. The predicted molar refractivity (Wildman–Crippen MR) is 72.3 cm³/mol. The Morgan fingerprint density at radius 2 is 2.00 bits per heavy atom. The number of para-hydroxylation sites is 1. The van der Waals surface area contributed by atoms with Gasteiger partial charge >= 0.3 is 0 Å². The molecule has 3 heteroatoms. The van der Waals surface area contributed by atoms with Crippen LogP contribution in [0.1, 0.15) is 11.3 Å². The van der Waals surface area contributed by atoms with Crippen LogP contribution in [0, 0.1) is 6.92 Å². The standard InChI is InChI=1S/C12H9Br2N/c1-8-6-9(7-12(13)14)10-4-2-3-5-11(10)15-8/h2-7H,1H3. The van der Waals surface area contributed by atoms with Gasteiger partial charge in [0.25, 0.3) is 0 Å². The van der Waals surface area contributed by atoms with Crippen molar-refractivity contribution >= 4 is 48.8 Å². The van der Waals surface area contributed by atoms with E-state index in [4.69, 9.17) is 0 Å². The summed E-state index contributed by atoms with van der Waals surface area (Å²) in [6.45, 7) is 2.01. The highest BCUT2D eigenvalue weighted by Crippen LogP contribution is 2.24. The molecule has 1 aromatic heterocycles. The van der Waals surface area contributed by atoms with Crippen molar-refractivity contribution < 1.29 is 0 Å². The highest BCUT2D eigenvalue weighted by atomic mass is 79.9. The molecule has 0 spiro atoms. The van der Waals surface area contributed by atoms with Crippen molar-refractivity contribution in [2.75, 3.05) is 0 Å². The van der Waals surface area contributed by atoms with Gasteiger partial charge in [-0.1, -0.05) is 18.2 Å². The average molecular weight is 327 g/mol. The maximum atomic E-state index is 4.48. The van der Waals surface area contributed by atoms with Gasteiger partial charge in [0.2, 0.25) is 0 Å². The fraction of sp³-hybridized carbons (Fsp3) is 0.0833. The normalized spacial score (nSPS) is 10.3. The van der Waals surface area contributed by atoms with E-state index in [1.807, 2.05) is 31.2 Å². The topological polar surface area (TPSA) is 12.9 Å². The molecule has 0 saturated heterocycles. The van der Waals surface area contributed by atoms with Gasteiger partial charge in [0.1, 0.15) is 0 Å². The van der Waals surface area contributed by atoms with Crippen LogP contribution in [0.15, 0.2) is 33.7 Å². The molecule has 76 valence electrons. The van der Waals surface area contributed by atoms with Crippen molar-refractivity contribution in [3.05, 3.63) is 45.0 Å². The Morgan fingerprint density at radius 1 is 1.27 bits per heavy atom. The molecule has 2 rings (SSSR count). The van der Waals surface area contributed by atoms with E-state index in [9.17, 15) is 0 Å². The third-order valence-electron chi connectivity index (χ3n) is 2.14. The van der Waals surface area contributed by atoms with Crippen LogP contribution in [0.2, 0.25) is 0 Å². The lowest BCUT2D eigenvalue weighted by Crippen LogP contribution is -1.86. The van der Waals surface area contributed by atoms with Gasteiger partial charge in [0.15, 0.2) is 0 Å². The molecule has 0 fully saturated rings. The molecule has 0 aliphatic rings. The van der Waals surface area contributed by atoms with E-state index >= 15 is 0 Å². The fourth-order valence-corrected chi connectivity index (χ4v) is 2.07. The Balaban J connectivity index is 2.77. The van der Waals surface area contributed by atoms with Crippen molar-refractivity contribution in [3.63, 3.8) is 0 Å². The summed E-state index contributed by atoms with van der Waals surface area (Å²) in [5.41, 5.74) is 3.23. The molecule has 15 heavy (non-hydrogen) atoms. The molecule has 0 atom stereocenters. The lowest BCUT2D eigenvalue weighted by atomic mass is 10.1. The van der Waals surface area contributed by atoms with E-state index < -0.39 is 0 Å². The van der Waals surface area contributed by atoms with E-state index in [0.717, 1.165) is 14.6 Å². The van der Waals surface area contributed by atoms with Crippen LogP contribution in [0.5, 0.6) is 0 Å². The Morgan fingerprint density at radius 3 is 2.73 bits per heavy atom. The molecule has 0 aliphatic heterocycles. The summed E-state index contributed by atoms with van der Waals surface area (Å²) in [7, 11) is 0. The van der Waals surface area contributed by atoms with Crippen LogP contribution < -0.4 is 0 Å². The van der Waals surface area contributed by atoms with Gasteiger partial charge in [0, 0.05) is 11.1 Å². The van der Waals surface area contributed by atoms with Crippen molar-refractivity contribution in [2.45, 2.75) is 6.92 Å². The number of aromatic nitrogens is 1. The quantitative estimate of drug-likeness (QED) is 0.744. The van der Waals surface area contributed by atoms with Gasteiger partial charge in [-0.2, -0.15) is 0 Å². The van der Waals surface area contributed by atoms with Crippen molar-refractivity contribution in [1.82, 2.24) is 4.98 Å². The molecule has 2 aromatic rings. The predicted octanol–water partition coefficient (Wildman–Crippen LogP) is 4.63. The summed E-state index contributed by atoms with van der Waals surface area (Å²) in [4.78, 5) is 4.48. The number of aryl methyl sites for hydroxylation is 1. The van der Waals surface area contributed by atoms with Crippen LogP contribution in [0.25, 0.3) is 17.0 Å². The number of benzene rings is 1. The van der Waals surface area contributed by atoms with E-state index in [1.54, 1.807) is 0 Å². The van der Waals surface area contributed by atoms with Crippen LogP contribution in [0.4, 0.5) is 0 Å². The summed E-state index contributed by atoms with van der Waals surface area (Å²) in [5, 5.41) is 1.17. The second-order valence-corrected chi connectivity index (χ2v) is 6.08. The number of halogens is 2. The molecule has 0 N–H and O–H groups in total. The largest absolute Gasteiger partial charge is 0.253 e. The third-order valence-corrected chi connectivity index (χ3v) is 2.60. The molecule has 0 amide bonds. The summed E-state index contributed by atoms with van der Waals surface area (Å²) in [6, 6.07) is 10.2. The highest BCUT2D eigenvalue weighted by Gasteiger charge is 2.01. The van der Waals surface area contributed by atoms with Crippen LogP contribution in [-0.4, -0.2) is 4.98 Å². The summed E-state index contributed by atoms with van der Waals surface area (Å²) in [6.07, 6.45) is 2.04. The number of rotatable bonds is 1. The Bertz CT molecular complexity index is 528. The zero-order valence-corrected chi connectivity index (χ0v) is 11.3. The van der Waals surface area contributed by atoms with Crippen molar-refractivity contribution in [2.24, 2.45) is 0 Å². The van der Waals surface area contributed by atoms with Gasteiger partial charge in [-0.3, -0.25) is 4.98 Å². The smallest absolute Gasteiger partial charge is 0.0711 e. The Kier molecular flexibility index (Phi) is 3.22. The Hall–Kier alpha value is -0.670. The maximum Gasteiger partial charge on any atom is 0.0711 e. The average Bonchev–Trinajstić information content (AvgIpc) is 2.16. The first-order valence-corrected chi connectivity index (χ1v) is 6.14. The number of pyridine rings is 1. The van der Waals surface area contributed by atoms with E-state index in [2.05, 4.69) is 49.0 Å². The summed E-state index contributed by atoms with van der Waals surface area (Å²) < 4.78 is 0.936. The molecule has 1 aromatic carbocycles. The van der Waals surface area contributed by atoms with Gasteiger partial charge in [-0.05, 0) is 62.6 Å². The molecular weight excluding hydrogens is 318 g/mol. The molecule has 0 unspecified atom stereocenters. The summed E-state index contributed by atoms with van der Waals surface area (Å²) >= 11 is 6.76. The van der Waals surface area contributed by atoms with Gasteiger partial charge < -0.3 is 0 Å². The fourth-order valence-electron chi connectivity index (χ4n) is 1.58. The third kappa shape index (κ3) is 2.47. The van der Waals surface area contributed by atoms with Gasteiger partial charge in [-0.15, -0.1) is 0 Å². The zero-order chi connectivity index (χ0) is 10.8. The molecule has 1 nitrogen and oxygen atoms in total.